The van der Waals surface area contributed by atoms with Gasteiger partial charge in [0.25, 0.3) is 5.24 Å². The summed E-state index contributed by atoms with van der Waals surface area (Å²) in [6.45, 7) is 0. The topological polar surface area (TPSA) is 17.1 Å². The number of halogens is 5. The molecular formula is C9H5ClF4O. The lowest BCUT2D eigenvalue weighted by Crippen LogP contribution is -2.06. The minimum absolute atomic E-state index is 0.192. The molecule has 0 heterocycles. The second-order valence-corrected chi connectivity index (χ2v) is 3.16. The summed E-state index contributed by atoms with van der Waals surface area (Å²) >= 11 is 4.86. The molecule has 0 aliphatic rings. The fourth-order valence-electron chi connectivity index (χ4n) is 0.972. The molecule has 1 atom stereocenters. The Morgan fingerprint density at radius 3 is 2.00 bits per heavy atom. The van der Waals surface area contributed by atoms with Crippen LogP contribution in [-0.2, 0) is 11.0 Å². The molecule has 0 aromatic heterocycles. The summed E-state index contributed by atoms with van der Waals surface area (Å²) in [5, 5.41) is -1.25. The minimum Gasteiger partial charge on any atom is -0.278 e. The van der Waals surface area contributed by atoms with E-state index in [9.17, 15) is 22.4 Å². The second kappa shape index (κ2) is 4.18. The molecule has 0 bridgehead atoms. The Morgan fingerprint density at radius 2 is 1.67 bits per heavy atom. The average Bonchev–Trinajstić information content (AvgIpc) is 2.15. The van der Waals surface area contributed by atoms with E-state index < -0.39 is 23.2 Å². The molecule has 1 nitrogen and oxygen atoms in total. The maximum absolute atomic E-state index is 12.9. The number of rotatable bonds is 2. The molecule has 1 aromatic rings. The monoisotopic (exact) mass is 240 g/mol. The Balaban J connectivity index is 2.95. The second-order valence-electron chi connectivity index (χ2n) is 2.79. The molecule has 82 valence electrons. The van der Waals surface area contributed by atoms with Crippen LogP contribution in [0.5, 0.6) is 0 Å². The first-order valence-corrected chi connectivity index (χ1v) is 4.20. The molecule has 1 aromatic carbocycles. The van der Waals surface area contributed by atoms with Crippen LogP contribution in [0.25, 0.3) is 0 Å². The summed E-state index contributed by atoms with van der Waals surface area (Å²) in [4.78, 5) is 10.4. The van der Waals surface area contributed by atoms with Crippen molar-refractivity contribution in [1.82, 2.24) is 0 Å². The first kappa shape index (κ1) is 12.0. The molecule has 15 heavy (non-hydrogen) atoms. The van der Waals surface area contributed by atoms with E-state index in [1.54, 1.807) is 0 Å². The normalized spacial score (nSPS) is 13.7. The summed E-state index contributed by atoms with van der Waals surface area (Å²) in [5.74, 6) is 0. The Labute approximate surface area is 87.7 Å². The third-order valence-corrected chi connectivity index (χ3v) is 1.92. The number of hydrogen-bond donors (Lipinski definition) is 0. The maximum Gasteiger partial charge on any atom is 0.416 e. The van der Waals surface area contributed by atoms with Crippen molar-refractivity contribution in [2.24, 2.45) is 0 Å². The highest BCUT2D eigenvalue weighted by Gasteiger charge is 2.30. The van der Waals surface area contributed by atoms with Crippen molar-refractivity contribution in [3.8, 4) is 0 Å². The highest BCUT2D eigenvalue weighted by Crippen LogP contribution is 2.30. The van der Waals surface area contributed by atoms with Crippen molar-refractivity contribution in [3.63, 3.8) is 0 Å². The van der Waals surface area contributed by atoms with Crippen LogP contribution in [0.1, 0.15) is 17.3 Å². The summed E-state index contributed by atoms with van der Waals surface area (Å²) in [5.41, 5.74) is -1.09. The molecule has 0 saturated carbocycles. The molecule has 0 spiro atoms. The summed E-state index contributed by atoms with van der Waals surface area (Å²) < 4.78 is 49.2. The van der Waals surface area contributed by atoms with Gasteiger partial charge in [0, 0.05) is 0 Å². The minimum atomic E-state index is -4.48. The molecule has 0 saturated heterocycles. The molecule has 0 N–H and O–H groups in total. The standard InChI is InChI=1S/C9H5ClF4O/c10-8(15)7(11)5-1-3-6(4-2-5)9(12,13)14/h1-4,7H. The number of alkyl halides is 4. The van der Waals surface area contributed by atoms with E-state index in [1.807, 2.05) is 0 Å². The van der Waals surface area contributed by atoms with Gasteiger partial charge >= 0.3 is 6.18 Å². The zero-order chi connectivity index (χ0) is 11.6. The Morgan fingerprint density at radius 1 is 1.20 bits per heavy atom. The summed E-state index contributed by atoms with van der Waals surface area (Å²) in [6.07, 6.45) is -6.57. The van der Waals surface area contributed by atoms with E-state index in [0.29, 0.717) is 12.1 Å². The summed E-state index contributed by atoms with van der Waals surface area (Å²) in [7, 11) is 0. The van der Waals surface area contributed by atoms with Crippen LogP contribution in [0.4, 0.5) is 17.6 Å². The van der Waals surface area contributed by atoms with Gasteiger partial charge in [-0.2, -0.15) is 13.2 Å². The van der Waals surface area contributed by atoms with Crippen LogP contribution >= 0.6 is 11.6 Å². The number of benzene rings is 1. The largest absolute Gasteiger partial charge is 0.416 e. The van der Waals surface area contributed by atoms with E-state index in [-0.39, 0.29) is 5.56 Å². The van der Waals surface area contributed by atoms with Crippen LogP contribution in [0, 0.1) is 0 Å². The van der Waals surface area contributed by atoms with Gasteiger partial charge in [-0.1, -0.05) is 12.1 Å². The molecule has 0 aliphatic carbocycles. The highest BCUT2D eigenvalue weighted by molar-refractivity contribution is 6.64. The van der Waals surface area contributed by atoms with Gasteiger partial charge in [0.05, 0.1) is 5.56 Å². The van der Waals surface area contributed by atoms with Crippen LogP contribution in [0.3, 0.4) is 0 Å². The lowest BCUT2D eigenvalue weighted by Gasteiger charge is -2.08. The Hall–Kier alpha value is -1.10. The first-order valence-electron chi connectivity index (χ1n) is 3.83. The van der Waals surface area contributed by atoms with Crippen molar-refractivity contribution in [2.45, 2.75) is 12.3 Å². The van der Waals surface area contributed by atoms with Crippen LogP contribution in [0.15, 0.2) is 24.3 Å². The van der Waals surface area contributed by atoms with E-state index >= 15 is 0 Å². The number of hydrogen-bond acceptors (Lipinski definition) is 1. The molecule has 1 rings (SSSR count). The van der Waals surface area contributed by atoms with Gasteiger partial charge in [-0.3, -0.25) is 4.79 Å². The van der Waals surface area contributed by atoms with E-state index in [2.05, 4.69) is 0 Å². The molecule has 6 heteroatoms. The fourth-order valence-corrected chi connectivity index (χ4v) is 1.10. The van der Waals surface area contributed by atoms with Gasteiger partial charge in [-0.25, -0.2) is 4.39 Å². The number of carbonyl (C=O) groups excluding carboxylic acids is 1. The Kier molecular flexibility index (Phi) is 3.34. The molecule has 0 aliphatic heterocycles. The zero-order valence-corrected chi connectivity index (χ0v) is 7.94. The third kappa shape index (κ3) is 2.92. The fraction of sp³-hybridized carbons (Fsp3) is 0.222. The van der Waals surface area contributed by atoms with Crippen molar-refractivity contribution in [1.29, 1.82) is 0 Å². The number of carbonyl (C=O) groups is 1. The van der Waals surface area contributed by atoms with Gasteiger partial charge < -0.3 is 0 Å². The van der Waals surface area contributed by atoms with Crippen molar-refractivity contribution in [3.05, 3.63) is 35.4 Å². The molecule has 1 unspecified atom stereocenters. The smallest absolute Gasteiger partial charge is 0.278 e. The van der Waals surface area contributed by atoms with Gasteiger partial charge in [0.1, 0.15) is 0 Å². The van der Waals surface area contributed by atoms with Crippen molar-refractivity contribution < 1.29 is 22.4 Å². The molecule has 0 radical (unpaired) electrons. The van der Waals surface area contributed by atoms with Crippen LogP contribution in [0.2, 0.25) is 0 Å². The predicted molar refractivity (Wildman–Crippen MR) is 46.2 cm³/mol. The van der Waals surface area contributed by atoms with Gasteiger partial charge in [0.15, 0.2) is 6.17 Å². The Bertz CT molecular complexity index is 357. The first-order chi connectivity index (χ1) is 6.82. The average molecular weight is 241 g/mol. The molecule has 0 amide bonds. The summed E-state index contributed by atoms with van der Waals surface area (Å²) in [6, 6.07) is 3.16. The zero-order valence-electron chi connectivity index (χ0n) is 7.18. The van der Waals surface area contributed by atoms with Crippen LogP contribution in [-0.4, -0.2) is 5.24 Å². The van der Waals surface area contributed by atoms with E-state index in [0.717, 1.165) is 12.1 Å². The van der Waals surface area contributed by atoms with E-state index in [4.69, 9.17) is 11.6 Å². The van der Waals surface area contributed by atoms with Gasteiger partial charge in [-0.15, -0.1) is 0 Å². The molecule has 0 fully saturated rings. The van der Waals surface area contributed by atoms with Crippen molar-refractivity contribution >= 4 is 16.8 Å². The van der Waals surface area contributed by atoms with Gasteiger partial charge in [-0.05, 0) is 29.3 Å². The lowest BCUT2D eigenvalue weighted by atomic mass is 10.1. The highest BCUT2D eigenvalue weighted by atomic mass is 35.5. The lowest BCUT2D eigenvalue weighted by molar-refractivity contribution is -0.137. The third-order valence-electron chi connectivity index (χ3n) is 1.73. The molecular weight excluding hydrogens is 236 g/mol. The van der Waals surface area contributed by atoms with Gasteiger partial charge in [0.2, 0.25) is 0 Å². The quantitative estimate of drug-likeness (QED) is 0.571. The van der Waals surface area contributed by atoms with Crippen molar-refractivity contribution in [2.75, 3.05) is 0 Å². The maximum atomic E-state index is 12.9. The van der Waals surface area contributed by atoms with Crippen LogP contribution < -0.4 is 0 Å². The van der Waals surface area contributed by atoms with E-state index in [1.165, 1.54) is 0 Å². The predicted octanol–water partition coefficient (Wildman–Crippen LogP) is 3.48. The SMILES string of the molecule is O=C(Cl)C(F)c1ccc(C(F)(F)F)cc1.